The predicted molar refractivity (Wildman–Crippen MR) is 87.2 cm³/mol. The maximum atomic E-state index is 12.4. The zero-order valence-corrected chi connectivity index (χ0v) is 12.2. The van der Waals surface area contributed by atoms with Gasteiger partial charge in [0.2, 0.25) is 0 Å². The molecule has 4 rings (SSSR count). The number of hydrogen-bond donors (Lipinski definition) is 2. The molecular formula is C18H13N3O2. The van der Waals surface area contributed by atoms with Crippen molar-refractivity contribution in [1.29, 1.82) is 0 Å². The number of carbonyl (C=O) groups excluding carboxylic acids is 2. The number of rotatable bonds is 2. The SMILES string of the molecule is Nc1cc(Cc2ccccn2)c2c3c(cccc13)C(=O)NC2=O. The van der Waals surface area contributed by atoms with E-state index in [0.717, 1.165) is 16.6 Å². The highest BCUT2D eigenvalue weighted by molar-refractivity contribution is 6.27. The van der Waals surface area contributed by atoms with E-state index in [1.165, 1.54) is 0 Å². The molecule has 0 radical (unpaired) electrons. The minimum absolute atomic E-state index is 0.385. The number of carbonyl (C=O) groups is 2. The molecule has 3 N–H and O–H groups in total. The van der Waals surface area contributed by atoms with E-state index in [9.17, 15) is 9.59 Å². The number of nitrogens with zero attached hydrogens (tertiary/aromatic N) is 1. The standard InChI is InChI=1S/C18H13N3O2/c19-14-9-10(8-11-4-1-2-7-20-11)15-16-12(14)5-3-6-13(16)17(22)21-18(15)23/h1-7,9H,8,19H2,(H,21,22,23). The van der Waals surface area contributed by atoms with Crippen LogP contribution in [-0.4, -0.2) is 16.8 Å². The summed E-state index contributed by atoms with van der Waals surface area (Å²) in [5, 5.41) is 3.76. The van der Waals surface area contributed by atoms with Crippen molar-refractivity contribution in [3.05, 3.63) is 71.0 Å². The van der Waals surface area contributed by atoms with Crippen molar-refractivity contribution in [2.24, 2.45) is 0 Å². The summed E-state index contributed by atoms with van der Waals surface area (Å²) in [6.45, 7) is 0. The number of amides is 2. The molecule has 2 aromatic carbocycles. The van der Waals surface area contributed by atoms with Crippen molar-refractivity contribution >= 4 is 28.3 Å². The van der Waals surface area contributed by atoms with Gasteiger partial charge in [-0.05, 0) is 29.8 Å². The molecule has 2 amide bonds. The maximum absolute atomic E-state index is 12.4. The van der Waals surface area contributed by atoms with Gasteiger partial charge in [0, 0.05) is 40.3 Å². The molecule has 0 unspecified atom stereocenters. The molecule has 23 heavy (non-hydrogen) atoms. The molecule has 0 fully saturated rings. The Morgan fingerprint density at radius 2 is 1.91 bits per heavy atom. The lowest BCUT2D eigenvalue weighted by Crippen LogP contribution is -2.35. The number of aromatic nitrogens is 1. The summed E-state index contributed by atoms with van der Waals surface area (Å²) in [7, 11) is 0. The molecule has 0 saturated heterocycles. The van der Waals surface area contributed by atoms with Crippen LogP contribution in [0.4, 0.5) is 5.69 Å². The third-order valence-corrected chi connectivity index (χ3v) is 4.07. The quantitative estimate of drug-likeness (QED) is 0.562. The Kier molecular flexibility index (Phi) is 2.87. The van der Waals surface area contributed by atoms with Gasteiger partial charge in [-0.25, -0.2) is 0 Å². The largest absolute Gasteiger partial charge is 0.398 e. The Hall–Kier alpha value is -3.21. The Bertz CT molecular complexity index is 965. The van der Waals surface area contributed by atoms with Gasteiger partial charge in [-0.15, -0.1) is 0 Å². The van der Waals surface area contributed by atoms with Gasteiger partial charge in [0.1, 0.15) is 0 Å². The Morgan fingerprint density at radius 3 is 2.70 bits per heavy atom. The van der Waals surface area contributed by atoms with E-state index in [2.05, 4.69) is 10.3 Å². The van der Waals surface area contributed by atoms with E-state index < -0.39 is 0 Å². The third kappa shape index (κ3) is 2.05. The fraction of sp³-hybridized carbons (Fsp3) is 0.0556. The first-order chi connectivity index (χ1) is 11.1. The van der Waals surface area contributed by atoms with E-state index >= 15 is 0 Å². The number of nitrogen functional groups attached to an aromatic ring is 1. The molecule has 2 heterocycles. The van der Waals surface area contributed by atoms with Crippen molar-refractivity contribution in [2.75, 3.05) is 5.73 Å². The number of hydrogen-bond acceptors (Lipinski definition) is 4. The minimum Gasteiger partial charge on any atom is -0.398 e. The Balaban J connectivity index is 2.02. The van der Waals surface area contributed by atoms with Crippen molar-refractivity contribution in [3.63, 3.8) is 0 Å². The van der Waals surface area contributed by atoms with Gasteiger partial charge in [0.25, 0.3) is 11.8 Å². The summed E-state index contributed by atoms with van der Waals surface area (Å²) in [5.41, 5.74) is 9.30. The fourth-order valence-electron chi connectivity index (χ4n) is 3.08. The molecule has 0 atom stereocenters. The zero-order chi connectivity index (χ0) is 16.0. The van der Waals surface area contributed by atoms with Crippen LogP contribution < -0.4 is 11.1 Å². The average molecular weight is 303 g/mol. The van der Waals surface area contributed by atoms with Crippen LogP contribution >= 0.6 is 0 Å². The maximum Gasteiger partial charge on any atom is 0.259 e. The number of imide groups is 1. The molecule has 112 valence electrons. The smallest absolute Gasteiger partial charge is 0.259 e. The van der Waals surface area contributed by atoms with Crippen LogP contribution in [0.2, 0.25) is 0 Å². The molecule has 3 aromatic rings. The van der Waals surface area contributed by atoms with Crippen LogP contribution in [0.15, 0.2) is 48.7 Å². The number of pyridine rings is 1. The highest BCUT2D eigenvalue weighted by atomic mass is 16.2. The van der Waals surface area contributed by atoms with Crippen LogP contribution in [0.25, 0.3) is 10.8 Å². The van der Waals surface area contributed by atoms with Crippen molar-refractivity contribution in [3.8, 4) is 0 Å². The van der Waals surface area contributed by atoms with E-state index in [-0.39, 0.29) is 11.8 Å². The van der Waals surface area contributed by atoms with Gasteiger partial charge in [-0.3, -0.25) is 19.9 Å². The van der Waals surface area contributed by atoms with E-state index in [1.54, 1.807) is 24.4 Å². The lowest BCUT2D eigenvalue weighted by Gasteiger charge is -2.20. The van der Waals surface area contributed by atoms with Crippen molar-refractivity contribution in [2.45, 2.75) is 6.42 Å². The molecule has 0 saturated carbocycles. The molecule has 0 bridgehead atoms. The van der Waals surface area contributed by atoms with Crippen molar-refractivity contribution in [1.82, 2.24) is 10.3 Å². The van der Waals surface area contributed by atoms with Crippen LogP contribution in [0, 0.1) is 0 Å². The molecule has 0 aliphatic carbocycles. The molecule has 5 nitrogen and oxygen atoms in total. The fourth-order valence-corrected chi connectivity index (χ4v) is 3.08. The van der Waals surface area contributed by atoms with Gasteiger partial charge in [0.05, 0.1) is 5.56 Å². The highest BCUT2D eigenvalue weighted by Crippen LogP contribution is 2.34. The summed E-state index contributed by atoms with van der Waals surface area (Å²) < 4.78 is 0. The summed E-state index contributed by atoms with van der Waals surface area (Å²) in [6.07, 6.45) is 2.19. The van der Waals surface area contributed by atoms with Crippen LogP contribution in [0.1, 0.15) is 32.0 Å². The first kappa shape index (κ1) is 13.5. The van der Waals surface area contributed by atoms with E-state index in [4.69, 9.17) is 5.73 Å². The number of nitrogens with two attached hydrogens (primary N) is 1. The van der Waals surface area contributed by atoms with Gasteiger partial charge in [-0.1, -0.05) is 18.2 Å². The first-order valence-corrected chi connectivity index (χ1v) is 7.25. The van der Waals surface area contributed by atoms with Crippen LogP contribution in [0.3, 0.4) is 0 Å². The van der Waals surface area contributed by atoms with Gasteiger partial charge in [-0.2, -0.15) is 0 Å². The first-order valence-electron chi connectivity index (χ1n) is 7.25. The highest BCUT2D eigenvalue weighted by Gasteiger charge is 2.28. The topological polar surface area (TPSA) is 85.1 Å². The summed E-state index contributed by atoms with van der Waals surface area (Å²) in [5.74, 6) is -0.771. The second-order valence-corrected chi connectivity index (χ2v) is 5.51. The van der Waals surface area contributed by atoms with E-state index in [0.29, 0.717) is 28.6 Å². The Labute approximate surface area is 132 Å². The molecule has 1 aliphatic rings. The molecule has 5 heteroatoms. The van der Waals surface area contributed by atoms with Gasteiger partial charge < -0.3 is 5.73 Å². The van der Waals surface area contributed by atoms with Crippen molar-refractivity contribution < 1.29 is 9.59 Å². The molecule has 1 aliphatic heterocycles. The normalized spacial score (nSPS) is 13.2. The number of anilines is 1. The lowest BCUT2D eigenvalue weighted by molar-refractivity contribution is 0.0844. The van der Waals surface area contributed by atoms with Gasteiger partial charge >= 0.3 is 0 Å². The summed E-state index contributed by atoms with van der Waals surface area (Å²) in [6, 6.07) is 12.7. The second-order valence-electron chi connectivity index (χ2n) is 5.51. The average Bonchev–Trinajstić information content (AvgIpc) is 2.54. The number of nitrogens with one attached hydrogen (secondary N) is 1. The summed E-state index contributed by atoms with van der Waals surface area (Å²) >= 11 is 0. The third-order valence-electron chi connectivity index (χ3n) is 4.07. The monoisotopic (exact) mass is 303 g/mol. The lowest BCUT2D eigenvalue weighted by atomic mass is 9.89. The summed E-state index contributed by atoms with van der Waals surface area (Å²) in [4.78, 5) is 28.8. The van der Waals surface area contributed by atoms with Gasteiger partial charge in [0.15, 0.2) is 0 Å². The predicted octanol–water partition coefficient (Wildman–Crippen LogP) is 2.29. The zero-order valence-electron chi connectivity index (χ0n) is 12.2. The molecule has 1 aromatic heterocycles. The number of benzene rings is 2. The second kappa shape index (κ2) is 4.91. The minimum atomic E-state index is -0.387. The molecule has 0 spiro atoms. The Morgan fingerprint density at radius 1 is 1.04 bits per heavy atom. The van der Waals surface area contributed by atoms with Crippen LogP contribution in [-0.2, 0) is 6.42 Å². The van der Waals surface area contributed by atoms with E-state index in [1.807, 2.05) is 24.3 Å². The van der Waals surface area contributed by atoms with Crippen LogP contribution in [0.5, 0.6) is 0 Å². The molecular weight excluding hydrogens is 290 g/mol.